The van der Waals surface area contributed by atoms with Gasteiger partial charge in [0.2, 0.25) is 0 Å². The number of sulfonamides is 1. The molecule has 0 unspecified atom stereocenters. The van der Waals surface area contributed by atoms with E-state index in [0.29, 0.717) is 28.4 Å². The number of anilines is 1. The average Bonchev–Trinajstić information content (AvgIpc) is 2.70. The third-order valence-corrected chi connectivity index (χ3v) is 4.93. The SMILES string of the molecule is COc1c(F)cc(S(=O)(=O)Nc2c(C)nsc2C)cc1F. The molecule has 0 bridgehead atoms. The molecule has 0 radical (unpaired) electrons. The van der Waals surface area contributed by atoms with Crippen LogP contribution in [-0.4, -0.2) is 19.9 Å². The standard InChI is InChI=1S/C12H12F2N2O3S2/c1-6-11(7(2)20-15-6)16-21(17,18)8-4-9(13)12(19-3)10(14)5-8/h4-5,16H,1-3H3. The van der Waals surface area contributed by atoms with E-state index in [0.717, 1.165) is 18.6 Å². The van der Waals surface area contributed by atoms with Crippen molar-refractivity contribution in [2.45, 2.75) is 18.7 Å². The molecule has 0 spiro atoms. The van der Waals surface area contributed by atoms with E-state index in [1.807, 2.05) is 0 Å². The van der Waals surface area contributed by atoms with Gasteiger partial charge in [0.1, 0.15) is 0 Å². The van der Waals surface area contributed by atoms with Gasteiger partial charge in [-0.3, -0.25) is 4.72 Å². The third kappa shape index (κ3) is 2.98. The van der Waals surface area contributed by atoms with Crippen molar-refractivity contribution in [2.75, 3.05) is 11.8 Å². The van der Waals surface area contributed by atoms with E-state index in [9.17, 15) is 17.2 Å². The van der Waals surface area contributed by atoms with E-state index >= 15 is 0 Å². The first-order chi connectivity index (χ1) is 9.76. The fraction of sp³-hybridized carbons (Fsp3) is 0.250. The van der Waals surface area contributed by atoms with Crippen molar-refractivity contribution in [3.63, 3.8) is 0 Å². The Hall–Kier alpha value is -1.74. The first-order valence-electron chi connectivity index (χ1n) is 5.75. The largest absolute Gasteiger partial charge is 0.491 e. The van der Waals surface area contributed by atoms with Crippen molar-refractivity contribution in [1.82, 2.24) is 4.37 Å². The summed E-state index contributed by atoms with van der Waals surface area (Å²) >= 11 is 1.13. The lowest BCUT2D eigenvalue weighted by atomic mass is 10.3. The lowest BCUT2D eigenvalue weighted by Crippen LogP contribution is -2.14. The quantitative estimate of drug-likeness (QED) is 0.933. The van der Waals surface area contributed by atoms with Gasteiger partial charge in [0.15, 0.2) is 17.4 Å². The van der Waals surface area contributed by atoms with Crippen LogP contribution >= 0.6 is 11.5 Å². The van der Waals surface area contributed by atoms with Crippen LogP contribution in [0.2, 0.25) is 0 Å². The monoisotopic (exact) mass is 334 g/mol. The fourth-order valence-corrected chi connectivity index (χ4v) is 3.63. The number of methoxy groups -OCH3 is 1. The van der Waals surface area contributed by atoms with E-state index < -0.39 is 32.3 Å². The van der Waals surface area contributed by atoms with E-state index in [-0.39, 0.29) is 0 Å². The Morgan fingerprint density at radius 3 is 2.24 bits per heavy atom. The smallest absolute Gasteiger partial charge is 0.262 e. The number of nitrogens with one attached hydrogen (secondary N) is 1. The molecule has 0 amide bonds. The molecule has 0 saturated carbocycles. The molecule has 5 nitrogen and oxygen atoms in total. The zero-order chi connectivity index (χ0) is 15.8. The van der Waals surface area contributed by atoms with Gasteiger partial charge >= 0.3 is 0 Å². The molecule has 0 aliphatic heterocycles. The van der Waals surface area contributed by atoms with Crippen LogP contribution in [0.1, 0.15) is 10.6 Å². The summed E-state index contributed by atoms with van der Waals surface area (Å²) in [4.78, 5) is 0.133. The number of rotatable bonds is 4. The maximum absolute atomic E-state index is 13.6. The van der Waals surface area contributed by atoms with Crippen LogP contribution in [0, 0.1) is 25.5 Å². The summed E-state index contributed by atoms with van der Waals surface area (Å²) in [6.45, 7) is 3.33. The zero-order valence-electron chi connectivity index (χ0n) is 11.4. The summed E-state index contributed by atoms with van der Waals surface area (Å²) in [5.74, 6) is -2.80. The molecule has 0 aliphatic rings. The van der Waals surface area contributed by atoms with E-state index in [1.165, 1.54) is 0 Å². The molecule has 114 valence electrons. The van der Waals surface area contributed by atoms with Crippen LogP contribution in [0.5, 0.6) is 5.75 Å². The topological polar surface area (TPSA) is 68.3 Å². The molecular weight excluding hydrogens is 322 g/mol. The Bertz CT molecular complexity index is 745. The number of nitrogens with zero attached hydrogens (tertiary/aromatic N) is 1. The van der Waals surface area contributed by atoms with Gasteiger partial charge in [-0.1, -0.05) is 0 Å². The first-order valence-corrected chi connectivity index (χ1v) is 8.00. The molecule has 0 aliphatic carbocycles. The lowest BCUT2D eigenvalue weighted by molar-refractivity contribution is 0.358. The van der Waals surface area contributed by atoms with Gasteiger partial charge in [0.05, 0.1) is 23.4 Å². The van der Waals surface area contributed by atoms with Crippen molar-refractivity contribution < 1.29 is 21.9 Å². The van der Waals surface area contributed by atoms with Crippen LogP contribution in [0.3, 0.4) is 0 Å². The molecule has 0 saturated heterocycles. The third-order valence-electron chi connectivity index (χ3n) is 2.76. The Balaban J connectivity index is 2.46. The summed E-state index contributed by atoms with van der Waals surface area (Å²) < 4.78 is 62.4. The second-order valence-electron chi connectivity index (χ2n) is 4.22. The Morgan fingerprint density at radius 1 is 1.24 bits per heavy atom. The highest BCUT2D eigenvalue weighted by molar-refractivity contribution is 7.92. The predicted octanol–water partition coefficient (Wildman–Crippen LogP) is 2.85. The molecule has 9 heteroatoms. The lowest BCUT2D eigenvalue weighted by Gasteiger charge is -2.10. The molecule has 21 heavy (non-hydrogen) atoms. The summed E-state index contributed by atoms with van der Waals surface area (Å²) in [5, 5.41) is 0. The van der Waals surface area contributed by atoms with E-state index in [1.54, 1.807) is 13.8 Å². The van der Waals surface area contributed by atoms with Gasteiger partial charge in [-0.2, -0.15) is 4.37 Å². The second-order valence-corrected chi connectivity index (χ2v) is 6.88. The maximum Gasteiger partial charge on any atom is 0.262 e. The van der Waals surface area contributed by atoms with E-state index in [2.05, 4.69) is 13.8 Å². The normalized spacial score (nSPS) is 11.5. The molecule has 1 aromatic heterocycles. The minimum Gasteiger partial charge on any atom is -0.491 e. The molecule has 1 N–H and O–H groups in total. The fourth-order valence-electron chi connectivity index (χ4n) is 1.71. The van der Waals surface area contributed by atoms with Gasteiger partial charge in [0.25, 0.3) is 10.0 Å². The summed E-state index contributed by atoms with van der Waals surface area (Å²) in [7, 11) is -3.02. The number of hydrogen-bond donors (Lipinski definition) is 1. The van der Waals surface area contributed by atoms with Gasteiger partial charge in [-0.25, -0.2) is 17.2 Å². The maximum atomic E-state index is 13.6. The van der Waals surface area contributed by atoms with Crippen molar-refractivity contribution in [3.8, 4) is 5.75 Å². The van der Waals surface area contributed by atoms with Crippen molar-refractivity contribution in [3.05, 3.63) is 34.3 Å². The number of ether oxygens (including phenoxy) is 1. The van der Waals surface area contributed by atoms with Gasteiger partial charge < -0.3 is 4.74 Å². The molecule has 1 heterocycles. The number of aromatic nitrogens is 1. The Kier molecular flexibility index (Phi) is 4.15. The number of hydrogen-bond acceptors (Lipinski definition) is 5. The Morgan fingerprint density at radius 2 is 1.81 bits per heavy atom. The number of benzene rings is 1. The highest BCUT2D eigenvalue weighted by Crippen LogP contribution is 2.29. The molecule has 2 aromatic rings. The molecule has 1 aromatic carbocycles. The van der Waals surface area contributed by atoms with Gasteiger partial charge in [-0.15, -0.1) is 0 Å². The van der Waals surface area contributed by atoms with Crippen LogP contribution in [0.15, 0.2) is 17.0 Å². The molecule has 0 fully saturated rings. The van der Waals surface area contributed by atoms with Crippen LogP contribution in [0.25, 0.3) is 0 Å². The predicted molar refractivity (Wildman–Crippen MR) is 75.3 cm³/mol. The van der Waals surface area contributed by atoms with Crippen LogP contribution < -0.4 is 9.46 Å². The van der Waals surface area contributed by atoms with Crippen molar-refractivity contribution in [2.24, 2.45) is 0 Å². The number of aryl methyl sites for hydroxylation is 2. The van der Waals surface area contributed by atoms with Crippen LogP contribution in [-0.2, 0) is 10.0 Å². The molecule has 0 atom stereocenters. The van der Waals surface area contributed by atoms with Gasteiger partial charge in [-0.05, 0) is 37.5 Å². The average molecular weight is 334 g/mol. The minimum absolute atomic E-state index is 0.316. The summed E-state index contributed by atoms with van der Waals surface area (Å²) in [6.07, 6.45) is 0. The van der Waals surface area contributed by atoms with Crippen molar-refractivity contribution in [1.29, 1.82) is 0 Å². The first kappa shape index (κ1) is 15.6. The van der Waals surface area contributed by atoms with E-state index in [4.69, 9.17) is 0 Å². The zero-order valence-corrected chi connectivity index (χ0v) is 13.0. The Labute approximate surface area is 124 Å². The van der Waals surface area contributed by atoms with Crippen molar-refractivity contribution >= 4 is 27.2 Å². The molecular formula is C12H12F2N2O3S2. The van der Waals surface area contributed by atoms with Gasteiger partial charge in [0, 0.05) is 4.88 Å². The molecule has 2 rings (SSSR count). The highest BCUT2D eigenvalue weighted by Gasteiger charge is 2.22. The second kappa shape index (κ2) is 5.57. The summed E-state index contributed by atoms with van der Waals surface area (Å²) in [5.41, 5.74) is 0.812. The van der Waals surface area contributed by atoms with Crippen LogP contribution in [0.4, 0.5) is 14.5 Å². The highest BCUT2D eigenvalue weighted by atomic mass is 32.2. The number of halogens is 2. The summed E-state index contributed by atoms with van der Waals surface area (Å²) in [6, 6.07) is 1.41. The minimum atomic E-state index is -4.12.